The summed E-state index contributed by atoms with van der Waals surface area (Å²) in [6.45, 7) is -2.34. The number of hydrogen-bond donors (Lipinski definition) is 13. The SMILES string of the molecule is NC(=O)[C@H](CS)NC(=O)[C@H](CO)NC(=O)[C@H](CC(=O)O)NC(=O)CNC(=O)[C@H](CCCN=C(N)N)NC(=O)[C@@H](N)CO. The van der Waals surface area contributed by atoms with E-state index in [1.54, 1.807) is 0 Å². The fourth-order valence-corrected chi connectivity index (χ4v) is 3.27. The minimum atomic E-state index is -1.76. The Labute approximate surface area is 245 Å². The first-order chi connectivity index (χ1) is 19.7. The molecule has 0 fully saturated rings. The van der Waals surface area contributed by atoms with Gasteiger partial charge in [-0.2, -0.15) is 12.6 Å². The number of nitrogens with zero attached hydrogens (tertiary/aromatic N) is 1. The number of carboxylic acids is 1. The third-order valence-corrected chi connectivity index (χ3v) is 5.59. The Morgan fingerprint density at radius 1 is 0.762 bits per heavy atom. The molecule has 0 saturated heterocycles. The first kappa shape index (κ1) is 37.8. The number of primary amides is 1. The van der Waals surface area contributed by atoms with Crippen molar-refractivity contribution in [1.82, 2.24) is 26.6 Å². The molecule has 0 bridgehead atoms. The molecule has 5 atom stereocenters. The first-order valence-corrected chi connectivity index (χ1v) is 12.9. The summed E-state index contributed by atoms with van der Waals surface area (Å²) in [4.78, 5) is 88.5. The molecule has 0 radical (unpaired) electrons. The molecule has 6 amide bonds. The summed E-state index contributed by atoms with van der Waals surface area (Å²) in [5.74, 6) is -7.82. The highest BCUT2D eigenvalue weighted by Gasteiger charge is 2.30. The number of aliphatic hydroxyl groups excluding tert-OH is 2. The summed E-state index contributed by atoms with van der Waals surface area (Å²) in [6.07, 6.45) is -0.744. The van der Waals surface area contributed by atoms with Gasteiger partial charge in [-0.05, 0) is 12.8 Å². The van der Waals surface area contributed by atoms with Gasteiger partial charge >= 0.3 is 5.97 Å². The molecular formula is C21H38N10O10S. The van der Waals surface area contributed by atoms with Crippen molar-refractivity contribution in [3.63, 3.8) is 0 Å². The van der Waals surface area contributed by atoms with Crippen molar-refractivity contribution in [2.45, 2.75) is 49.5 Å². The number of carbonyl (C=O) groups is 7. The van der Waals surface area contributed by atoms with Gasteiger partial charge in [0, 0.05) is 12.3 Å². The van der Waals surface area contributed by atoms with Crippen molar-refractivity contribution in [2.75, 3.05) is 32.1 Å². The van der Waals surface area contributed by atoms with Crippen molar-refractivity contribution in [1.29, 1.82) is 0 Å². The number of rotatable bonds is 20. The Bertz CT molecular complexity index is 1010. The predicted octanol–water partition coefficient (Wildman–Crippen LogP) is -7.70. The number of carbonyl (C=O) groups excluding carboxylic acids is 6. The van der Waals surface area contributed by atoms with Gasteiger partial charge < -0.3 is 64.8 Å². The van der Waals surface area contributed by atoms with Crippen LogP contribution < -0.4 is 49.5 Å². The van der Waals surface area contributed by atoms with Crippen molar-refractivity contribution in [3.05, 3.63) is 0 Å². The van der Waals surface area contributed by atoms with Crippen LogP contribution in [0.4, 0.5) is 0 Å². The third-order valence-electron chi connectivity index (χ3n) is 5.22. The fraction of sp³-hybridized carbons (Fsp3) is 0.619. The maximum atomic E-state index is 12.7. The van der Waals surface area contributed by atoms with Crippen LogP contribution in [0.3, 0.4) is 0 Å². The van der Waals surface area contributed by atoms with Crippen molar-refractivity contribution >= 4 is 60.0 Å². The molecule has 0 unspecified atom stereocenters. The molecule has 0 spiro atoms. The van der Waals surface area contributed by atoms with E-state index in [4.69, 9.17) is 33.1 Å². The molecule has 0 aliphatic rings. The smallest absolute Gasteiger partial charge is 0.305 e. The van der Waals surface area contributed by atoms with E-state index in [0.717, 1.165) is 0 Å². The lowest BCUT2D eigenvalue weighted by Gasteiger charge is -2.23. The molecule has 0 aromatic rings. The summed E-state index contributed by atoms with van der Waals surface area (Å²) in [5.41, 5.74) is 21.0. The van der Waals surface area contributed by atoms with Crippen LogP contribution in [0.1, 0.15) is 19.3 Å². The number of aliphatic hydroxyl groups is 2. The van der Waals surface area contributed by atoms with E-state index >= 15 is 0 Å². The predicted molar refractivity (Wildman–Crippen MR) is 148 cm³/mol. The molecule has 0 aromatic heterocycles. The lowest BCUT2D eigenvalue weighted by molar-refractivity contribution is -0.141. The summed E-state index contributed by atoms with van der Waals surface area (Å²) in [6, 6.07) is -7.21. The molecular weight excluding hydrogens is 584 g/mol. The lowest BCUT2D eigenvalue weighted by atomic mass is 10.1. The zero-order valence-corrected chi connectivity index (χ0v) is 23.3. The van der Waals surface area contributed by atoms with Crippen molar-refractivity contribution in [3.8, 4) is 0 Å². The van der Waals surface area contributed by atoms with Crippen LogP contribution >= 0.6 is 12.6 Å². The highest BCUT2D eigenvalue weighted by atomic mass is 32.1. The second-order valence-electron chi connectivity index (χ2n) is 8.62. The molecule has 21 heteroatoms. The quantitative estimate of drug-likeness (QED) is 0.0260. The number of hydrogen-bond acceptors (Lipinski definition) is 12. The number of nitrogens with one attached hydrogen (secondary N) is 5. The van der Waals surface area contributed by atoms with Crippen LogP contribution in [0.15, 0.2) is 4.99 Å². The Kier molecular flexibility index (Phi) is 17.8. The number of carboxylic acid groups (broad SMARTS) is 1. The van der Waals surface area contributed by atoms with Gasteiger partial charge in [0.15, 0.2) is 5.96 Å². The molecule has 0 heterocycles. The summed E-state index contributed by atoms with van der Waals surface area (Å²) in [7, 11) is 0. The van der Waals surface area contributed by atoms with Crippen LogP contribution in [0, 0.1) is 0 Å². The summed E-state index contributed by atoms with van der Waals surface area (Å²) in [5, 5.41) is 38.5. The molecule has 238 valence electrons. The van der Waals surface area contributed by atoms with E-state index < -0.39 is 97.8 Å². The Hall–Kier alpha value is -4.21. The second-order valence-corrected chi connectivity index (χ2v) is 8.99. The van der Waals surface area contributed by atoms with Gasteiger partial charge in [0.2, 0.25) is 35.4 Å². The van der Waals surface area contributed by atoms with Gasteiger partial charge in [0.05, 0.1) is 26.2 Å². The number of amides is 6. The third kappa shape index (κ3) is 15.0. The van der Waals surface area contributed by atoms with E-state index in [2.05, 4.69) is 44.2 Å². The van der Waals surface area contributed by atoms with E-state index in [0.29, 0.717) is 0 Å². The monoisotopic (exact) mass is 622 g/mol. The average molecular weight is 623 g/mol. The standard InChI is InChI=1S/C21H38N10O10S/c22-9(6-32)17(38)29-10(2-1-3-26-21(24)25)18(39)27-5-14(34)28-11(4-15(35)36)19(40)30-12(7-33)20(41)31-13(8-42)16(23)37/h9-13,32-33,42H,1-8,22H2,(H2,23,37)(H,27,39)(H,28,34)(H,29,38)(H,30,40)(H,31,41)(H,35,36)(H4,24,25,26)/t9-,10-,11-,12-,13-/m0/s1. The Morgan fingerprint density at radius 3 is 1.83 bits per heavy atom. The van der Waals surface area contributed by atoms with E-state index in [9.17, 15) is 38.7 Å². The maximum absolute atomic E-state index is 12.7. The molecule has 0 rings (SSSR count). The Morgan fingerprint density at radius 2 is 1.33 bits per heavy atom. The molecule has 0 aromatic carbocycles. The van der Waals surface area contributed by atoms with Crippen LogP contribution in [0.25, 0.3) is 0 Å². The van der Waals surface area contributed by atoms with Gasteiger partial charge in [-0.1, -0.05) is 0 Å². The molecule has 42 heavy (non-hydrogen) atoms. The van der Waals surface area contributed by atoms with Crippen LogP contribution in [0.2, 0.25) is 0 Å². The van der Waals surface area contributed by atoms with E-state index in [1.165, 1.54) is 0 Å². The van der Waals surface area contributed by atoms with E-state index in [-0.39, 0.29) is 31.1 Å². The van der Waals surface area contributed by atoms with Gasteiger partial charge in [0.25, 0.3) is 0 Å². The zero-order chi connectivity index (χ0) is 32.4. The number of aliphatic carboxylic acids is 1. The van der Waals surface area contributed by atoms with Crippen molar-refractivity contribution < 1.29 is 48.9 Å². The maximum Gasteiger partial charge on any atom is 0.305 e. The first-order valence-electron chi connectivity index (χ1n) is 12.3. The Balaban J connectivity index is 5.37. The number of guanidine groups is 1. The highest BCUT2D eigenvalue weighted by Crippen LogP contribution is 2.01. The summed E-state index contributed by atoms with van der Waals surface area (Å²) >= 11 is 3.85. The van der Waals surface area contributed by atoms with Gasteiger partial charge in [-0.25, -0.2) is 0 Å². The van der Waals surface area contributed by atoms with E-state index in [1.807, 2.05) is 0 Å². The van der Waals surface area contributed by atoms with Gasteiger partial charge in [-0.15, -0.1) is 0 Å². The summed E-state index contributed by atoms with van der Waals surface area (Å²) < 4.78 is 0. The fourth-order valence-electron chi connectivity index (χ4n) is 3.00. The minimum absolute atomic E-state index is 0.00733. The van der Waals surface area contributed by atoms with Gasteiger partial charge in [0.1, 0.15) is 30.2 Å². The van der Waals surface area contributed by atoms with Crippen LogP contribution in [0.5, 0.6) is 0 Å². The van der Waals surface area contributed by atoms with Gasteiger partial charge in [-0.3, -0.25) is 38.6 Å². The number of thiol groups is 1. The molecule has 0 aliphatic heterocycles. The largest absolute Gasteiger partial charge is 0.481 e. The molecule has 0 saturated carbocycles. The van der Waals surface area contributed by atoms with Crippen molar-refractivity contribution in [2.24, 2.45) is 27.9 Å². The second kappa shape index (κ2) is 19.8. The lowest BCUT2D eigenvalue weighted by Crippen LogP contribution is -2.58. The van der Waals surface area contributed by atoms with Crippen LogP contribution in [-0.4, -0.2) is 125 Å². The van der Waals surface area contributed by atoms with Crippen LogP contribution in [-0.2, 0) is 33.6 Å². The topological polar surface area (TPSA) is 357 Å². The normalized spacial score (nSPS) is 14.1. The highest BCUT2D eigenvalue weighted by molar-refractivity contribution is 7.80. The molecule has 0 aliphatic carbocycles. The number of nitrogens with two attached hydrogens (primary N) is 4. The molecule has 16 N–H and O–H groups in total. The number of aliphatic imine (C=N–C) groups is 1. The average Bonchev–Trinajstić information content (AvgIpc) is 2.92. The minimum Gasteiger partial charge on any atom is -0.481 e. The molecule has 20 nitrogen and oxygen atoms in total. The zero-order valence-electron chi connectivity index (χ0n) is 22.4.